The summed E-state index contributed by atoms with van der Waals surface area (Å²) in [5.41, 5.74) is 4.49. The molecule has 0 radical (unpaired) electrons. The lowest BCUT2D eigenvalue weighted by Gasteiger charge is -2.13. The van der Waals surface area contributed by atoms with Crippen LogP contribution in [0.4, 0.5) is 0 Å². The van der Waals surface area contributed by atoms with Gasteiger partial charge in [0.05, 0.1) is 34.3 Å². The van der Waals surface area contributed by atoms with Crippen LogP contribution in [0.3, 0.4) is 0 Å². The van der Waals surface area contributed by atoms with Gasteiger partial charge in [-0.2, -0.15) is 10.5 Å². The Bertz CT molecular complexity index is 1820. The summed E-state index contributed by atoms with van der Waals surface area (Å²) < 4.78 is 1.60. The van der Waals surface area contributed by atoms with Gasteiger partial charge in [-0.1, -0.05) is 36.4 Å². The fraction of sp³-hybridized carbons (Fsp3) is 0. The summed E-state index contributed by atoms with van der Waals surface area (Å²) >= 11 is 0. The summed E-state index contributed by atoms with van der Waals surface area (Å²) in [6.45, 7) is 0. The smallest absolute Gasteiger partial charge is 0.264 e. The highest BCUT2D eigenvalue weighted by Crippen LogP contribution is 2.37. The zero-order valence-corrected chi connectivity index (χ0v) is 16.1. The van der Waals surface area contributed by atoms with Gasteiger partial charge in [0.2, 0.25) is 0 Å². The highest BCUT2D eigenvalue weighted by molar-refractivity contribution is 6.20. The van der Waals surface area contributed by atoms with Crippen LogP contribution in [-0.4, -0.2) is 9.38 Å². The molecule has 0 aliphatic carbocycles. The molecule has 4 aromatic carbocycles. The van der Waals surface area contributed by atoms with E-state index in [1.165, 1.54) is 0 Å². The molecule has 0 amide bonds. The van der Waals surface area contributed by atoms with Crippen molar-refractivity contribution in [2.75, 3.05) is 0 Å². The van der Waals surface area contributed by atoms with Gasteiger partial charge in [0, 0.05) is 21.5 Å². The highest BCUT2D eigenvalue weighted by atomic mass is 16.1. The van der Waals surface area contributed by atoms with Gasteiger partial charge in [-0.3, -0.25) is 9.20 Å². The molecule has 2 aromatic heterocycles. The molecule has 6 rings (SSSR count). The molecule has 5 nitrogen and oxygen atoms in total. The van der Waals surface area contributed by atoms with Gasteiger partial charge in [-0.05, 0) is 47.5 Å². The fourth-order valence-electron chi connectivity index (χ4n) is 4.47. The molecule has 0 unspecified atom stereocenters. The standard InChI is InChI=1S/C26H12N4O/c27-13-15-6-11-22-21(12-15)29-25-19-8-7-17(14-28)23-18(16-4-2-1-3-5-16)9-10-20(24(19)23)26(31)30(22)25/h1-12H. The maximum Gasteiger partial charge on any atom is 0.264 e. The van der Waals surface area contributed by atoms with E-state index in [0.29, 0.717) is 33.2 Å². The van der Waals surface area contributed by atoms with Crippen molar-refractivity contribution in [3.8, 4) is 23.3 Å². The minimum absolute atomic E-state index is 0.186. The number of hydrogen-bond acceptors (Lipinski definition) is 4. The monoisotopic (exact) mass is 396 g/mol. The van der Waals surface area contributed by atoms with Crippen molar-refractivity contribution in [2.24, 2.45) is 0 Å². The molecule has 0 atom stereocenters. The number of imidazole rings is 1. The average Bonchev–Trinajstić information content (AvgIpc) is 3.21. The van der Waals surface area contributed by atoms with Crippen LogP contribution in [0.5, 0.6) is 0 Å². The number of hydrogen-bond donors (Lipinski definition) is 0. The molecule has 2 heterocycles. The SMILES string of the molecule is N#Cc1ccc2c(c1)nc1c3ccc(C#N)c4c(-c5ccccc5)ccc(c(=O)n21)c43. The van der Waals surface area contributed by atoms with Gasteiger partial charge in [-0.25, -0.2) is 4.98 Å². The Morgan fingerprint density at radius 3 is 2.39 bits per heavy atom. The molecule has 0 fully saturated rings. The van der Waals surface area contributed by atoms with E-state index in [0.717, 1.165) is 27.3 Å². The Balaban J connectivity index is 1.88. The van der Waals surface area contributed by atoms with Gasteiger partial charge in [0.15, 0.2) is 0 Å². The molecule has 0 aliphatic rings. The summed E-state index contributed by atoms with van der Waals surface area (Å²) in [5.74, 6) is 0. The molecule has 5 heteroatoms. The second kappa shape index (κ2) is 6.13. The van der Waals surface area contributed by atoms with Crippen LogP contribution in [0.15, 0.2) is 77.6 Å². The molecular formula is C26H12N4O. The van der Waals surface area contributed by atoms with Crippen molar-refractivity contribution < 1.29 is 0 Å². The lowest BCUT2D eigenvalue weighted by molar-refractivity contribution is 1.19. The first-order chi connectivity index (χ1) is 15.2. The Kier molecular flexibility index (Phi) is 3.39. The van der Waals surface area contributed by atoms with E-state index < -0.39 is 0 Å². The van der Waals surface area contributed by atoms with Crippen LogP contribution in [-0.2, 0) is 0 Å². The molecule has 31 heavy (non-hydrogen) atoms. The van der Waals surface area contributed by atoms with Gasteiger partial charge >= 0.3 is 0 Å². The van der Waals surface area contributed by atoms with Crippen molar-refractivity contribution >= 4 is 38.2 Å². The molecule has 0 N–H and O–H groups in total. The zero-order chi connectivity index (χ0) is 21.1. The lowest BCUT2D eigenvalue weighted by Crippen LogP contribution is -2.13. The Labute approximate surface area is 176 Å². The predicted molar refractivity (Wildman–Crippen MR) is 120 cm³/mol. The lowest BCUT2D eigenvalue weighted by atomic mass is 9.91. The fourth-order valence-corrected chi connectivity index (χ4v) is 4.47. The van der Waals surface area contributed by atoms with Gasteiger partial charge in [-0.15, -0.1) is 0 Å². The summed E-state index contributed by atoms with van der Waals surface area (Å²) in [4.78, 5) is 18.2. The number of fused-ring (bicyclic) bond motifs is 4. The Hall–Kier alpha value is -4.74. The first-order valence-electron chi connectivity index (χ1n) is 9.74. The van der Waals surface area contributed by atoms with E-state index >= 15 is 0 Å². The highest BCUT2D eigenvalue weighted by Gasteiger charge is 2.20. The normalized spacial score (nSPS) is 11.3. The van der Waals surface area contributed by atoms with Crippen LogP contribution in [0.1, 0.15) is 11.1 Å². The molecule has 0 spiro atoms. The number of nitriles is 2. The number of nitrogens with zero attached hydrogens (tertiary/aromatic N) is 4. The molecule has 142 valence electrons. The van der Waals surface area contributed by atoms with Crippen molar-refractivity contribution in [3.05, 3.63) is 94.3 Å². The maximum atomic E-state index is 13.5. The van der Waals surface area contributed by atoms with E-state index in [4.69, 9.17) is 4.98 Å². The second-order valence-corrected chi connectivity index (χ2v) is 7.44. The van der Waals surface area contributed by atoms with E-state index in [2.05, 4.69) is 12.1 Å². The minimum Gasteiger partial charge on any atom is -0.268 e. The predicted octanol–water partition coefficient (Wildman–Crippen LogP) is 5.00. The molecule has 6 aromatic rings. The van der Waals surface area contributed by atoms with E-state index in [1.54, 1.807) is 28.7 Å². The van der Waals surface area contributed by atoms with Gasteiger partial charge in [0.25, 0.3) is 5.56 Å². The molecule has 0 aliphatic heterocycles. The van der Waals surface area contributed by atoms with Gasteiger partial charge in [0.1, 0.15) is 5.65 Å². The average molecular weight is 396 g/mol. The first kappa shape index (κ1) is 17.1. The topological polar surface area (TPSA) is 81.9 Å². The van der Waals surface area contributed by atoms with Crippen molar-refractivity contribution in [3.63, 3.8) is 0 Å². The van der Waals surface area contributed by atoms with Crippen LogP contribution >= 0.6 is 0 Å². The van der Waals surface area contributed by atoms with Crippen LogP contribution in [0, 0.1) is 22.7 Å². The number of aromatic nitrogens is 2. The summed E-state index contributed by atoms with van der Waals surface area (Å²) in [6, 6.07) is 26.8. The summed E-state index contributed by atoms with van der Waals surface area (Å²) in [5, 5.41) is 21.9. The quantitative estimate of drug-likeness (QED) is 0.391. The van der Waals surface area contributed by atoms with Crippen LogP contribution in [0.2, 0.25) is 0 Å². The van der Waals surface area contributed by atoms with E-state index in [9.17, 15) is 15.3 Å². The Morgan fingerprint density at radius 1 is 0.806 bits per heavy atom. The maximum absolute atomic E-state index is 13.5. The largest absolute Gasteiger partial charge is 0.268 e. The summed E-state index contributed by atoms with van der Waals surface area (Å²) in [7, 11) is 0. The number of rotatable bonds is 1. The molecule has 0 saturated carbocycles. The molecular weight excluding hydrogens is 384 g/mol. The first-order valence-corrected chi connectivity index (χ1v) is 9.74. The summed E-state index contributed by atoms with van der Waals surface area (Å²) in [6.07, 6.45) is 0. The Morgan fingerprint density at radius 2 is 1.61 bits per heavy atom. The van der Waals surface area contributed by atoms with Crippen LogP contribution in [0.25, 0.3) is 49.4 Å². The third-order valence-corrected chi connectivity index (χ3v) is 5.82. The van der Waals surface area contributed by atoms with Crippen molar-refractivity contribution in [2.45, 2.75) is 0 Å². The second-order valence-electron chi connectivity index (χ2n) is 7.44. The number of pyridine rings is 1. The van der Waals surface area contributed by atoms with Gasteiger partial charge < -0.3 is 0 Å². The molecule has 0 bridgehead atoms. The van der Waals surface area contributed by atoms with E-state index in [-0.39, 0.29) is 5.56 Å². The minimum atomic E-state index is -0.186. The van der Waals surface area contributed by atoms with Crippen LogP contribution < -0.4 is 5.56 Å². The van der Waals surface area contributed by atoms with Crippen molar-refractivity contribution in [1.29, 1.82) is 10.5 Å². The molecule has 0 saturated heterocycles. The van der Waals surface area contributed by atoms with E-state index in [1.807, 2.05) is 48.5 Å². The van der Waals surface area contributed by atoms with Crippen molar-refractivity contribution in [1.82, 2.24) is 9.38 Å². The third kappa shape index (κ3) is 2.23. The zero-order valence-electron chi connectivity index (χ0n) is 16.1. The third-order valence-electron chi connectivity index (χ3n) is 5.82. The number of benzene rings is 4.